The summed E-state index contributed by atoms with van der Waals surface area (Å²) in [6.07, 6.45) is 0. The first kappa shape index (κ1) is 15.6. The Morgan fingerprint density at radius 3 is 2.57 bits per heavy atom. The number of ether oxygens (including phenoxy) is 1. The van der Waals surface area contributed by atoms with Crippen LogP contribution in [0.2, 0.25) is 0 Å². The zero-order valence-electron chi connectivity index (χ0n) is 12.4. The molecule has 4 heteroatoms. The maximum Gasteiger partial charge on any atom is 0.159 e. The molecule has 3 nitrogen and oxygen atoms in total. The van der Waals surface area contributed by atoms with Gasteiger partial charge in [0.15, 0.2) is 5.78 Å². The van der Waals surface area contributed by atoms with Crippen LogP contribution in [0.4, 0.5) is 5.69 Å². The second kappa shape index (κ2) is 6.76. The number of halogens is 1. The van der Waals surface area contributed by atoms with Crippen molar-refractivity contribution in [3.63, 3.8) is 0 Å². The van der Waals surface area contributed by atoms with Crippen LogP contribution in [-0.4, -0.2) is 19.9 Å². The molecule has 0 fully saturated rings. The van der Waals surface area contributed by atoms with E-state index >= 15 is 0 Å². The normalized spacial score (nSPS) is 10.3. The van der Waals surface area contributed by atoms with Crippen molar-refractivity contribution in [1.82, 2.24) is 0 Å². The van der Waals surface area contributed by atoms with Gasteiger partial charge in [-0.15, -0.1) is 0 Å². The molecule has 0 aliphatic rings. The topological polar surface area (TPSA) is 29.5 Å². The molecule has 0 aromatic heterocycles. The van der Waals surface area contributed by atoms with Crippen LogP contribution < -0.4 is 9.64 Å². The molecule has 0 aliphatic carbocycles. The van der Waals surface area contributed by atoms with Gasteiger partial charge in [-0.2, -0.15) is 0 Å². The summed E-state index contributed by atoms with van der Waals surface area (Å²) in [5.74, 6) is 0.940. The number of ketones is 1. The van der Waals surface area contributed by atoms with Crippen molar-refractivity contribution in [2.24, 2.45) is 0 Å². The van der Waals surface area contributed by atoms with E-state index in [1.807, 2.05) is 49.5 Å². The van der Waals surface area contributed by atoms with Crippen LogP contribution in [0, 0.1) is 0 Å². The summed E-state index contributed by atoms with van der Waals surface area (Å²) in [4.78, 5) is 13.5. The Kier molecular flexibility index (Phi) is 5.02. The number of nitrogens with zero attached hydrogens (tertiary/aromatic N) is 1. The summed E-state index contributed by atoms with van der Waals surface area (Å²) in [6.45, 7) is 2.29. The van der Waals surface area contributed by atoms with Gasteiger partial charge < -0.3 is 9.64 Å². The van der Waals surface area contributed by atoms with E-state index in [2.05, 4.69) is 20.8 Å². The fourth-order valence-corrected chi connectivity index (χ4v) is 2.89. The van der Waals surface area contributed by atoms with Crippen LogP contribution in [0.1, 0.15) is 22.8 Å². The van der Waals surface area contributed by atoms with Gasteiger partial charge in [-0.3, -0.25) is 4.79 Å². The summed E-state index contributed by atoms with van der Waals surface area (Å²) < 4.78 is 6.29. The van der Waals surface area contributed by atoms with E-state index in [1.165, 1.54) is 0 Å². The third-order valence-electron chi connectivity index (χ3n) is 3.37. The molecule has 0 aliphatic heterocycles. The number of hydrogen-bond donors (Lipinski definition) is 0. The average Bonchev–Trinajstić information content (AvgIpc) is 2.47. The van der Waals surface area contributed by atoms with Gasteiger partial charge in [-0.25, -0.2) is 0 Å². The van der Waals surface area contributed by atoms with E-state index < -0.39 is 0 Å². The Hall–Kier alpha value is -1.81. The van der Waals surface area contributed by atoms with Gasteiger partial charge in [0.25, 0.3) is 0 Å². The Morgan fingerprint density at radius 1 is 1.24 bits per heavy atom. The molecule has 2 aromatic carbocycles. The molecule has 0 spiro atoms. The van der Waals surface area contributed by atoms with Crippen molar-refractivity contribution >= 4 is 27.4 Å². The number of rotatable bonds is 5. The summed E-state index contributed by atoms with van der Waals surface area (Å²) in [6, 6.07) is 13.6. The van der Waals surface area contributed by atoms with Crippen LogP contribution in [0.25, 0.3) is 0 Å². The lowest BCUT2D eigenvalue weighted by Gasteiger charge is -2.22. The first-order chi connectivity index (χ1) is 10.0. The van der Waals surface area contributed by atoms with E-state index in [-0.39, 0.29) is 5.78 Å². The number of carbonyl (C=O) groups excluding carboxylic acids is 1. The summed E-state index contributed by atoms with van der Waals surface area (Å²) in [5, 5.41) is 0. The van der Waals surface area contributed by atoms with Gasteiger partial charge in [0, 0.05) is 29.2 Å². The predicted molar refractivity (Wildman–Crippen MR) is 89.2 cm³/mol. The lowest BCUT2D eigenvalue weighted by Crippen LogP contribution is -2.17. The number of benzene rings is 2. The van der Waals surface area contributed by atoms with E-state index in [0.717, 1.165) is 28.0 Å². The monoisotopic (exact) mass is 347 g/mol. The van der Waals surface area contributed by atoms with Crippen molar-refractivity contribution in [2.75, 3.05) is 19.1 Å². The van der Waals surface area contributed by atoms with Gasteiger partial charge in [0.1, 0.15) is 5.75 Å². The molecule has 0 bridgehead atoms. The van der Waals surface area contributed by atoms with Crippen molar-refractivity contribution < 1.29 is 9.53 Å². The molecule has 0 saturated heterocycles. The van der Waals surface area contributed by atoms with Gasteiger partial charge in [-0.1, -0.05) is 18.2 Å². The molecule has 2 rings (SSSR count). The minimum absolute atomic E-state index is 0.0645. The van der Waals surface area contributed by atoms with E-state index in [0.29, 0.717) is 5.56 Å². The Labute approximate surface area is 133 Å². The first-order valence-electron chi connectivity index (χ1n) is 6.66. The molecule has 110 valence electrons. The third-order valence-corrected chi connectivity index (χ3v) is 4.00. The molecule has 0 radical (unpaired) electrons. The van der Waals surface area contributed by atoms with Crippen molar-refractivity contribution in [1.29, 1.82) is 0 Å². The fraction of sp³-hybridized carbons (Fsp3) is 0.235. The van der Waals surface area contributed by atoms with Crippen molar-refractivity contribution in [3.8, 4) is 5.75 Å². The van der Waals surface area contributed by atoms with Gasteiger partial charge >= 0.3 is 0 Å². The molecule has 0 N–H and O–H groups in total. The maximum atomic E-state index is 11.4. The summed E-state index contributed by atoms with van der Waals surface area (Å²) >= 11 is 3.54. The molecule has 0 heterocycles. The molecular weight excluding hydrogens is 330 g/mol. The smallest absolute Gasteiger partial charge is 0.159 e. The quantitative estimate of drug-likeness (QED) is 0.755. The van der Waals surface area contributed by atoms with Crippen molar-refractivity contribution in [2.45, 2.75) is 13.5 Å². The molecule has 0 atom stereocenters. The Morgan fingerprint density at radius 2 is 1.95 bits per heavy atom. The maximum absolute atomic E-state index is 11.4. The Balaban J connectivity index is 2.24. The highest BCUT2D eigenvalue weighted by Crippen LogP contribution is 2.29. The second-order valence-electron chi connectivity index (χ2n) is 4.89. The van der Waals surface area contributed by atoms with Crippen LogP contribution in [0.3, 0.4) is 0 Å². The number of anilines is 1. The lowest BCUT2D eigenvalue weighted by atomic mass is 10.1. The zero-order valence-corrected chi connectivity index (χ0v) is 14.0. The molecule has 0 saturated carbocycles. The number of Topliss-reactive ketones (excluding diaryl/α,β-unsaturated/α-hetero) is 1. The first-order valence-corrected chi connectivity index (χ1v) is 7.45. The molecule has 2 aromatic rings. The van der Waals surface area contributed by atoms with Crippen LogP contribution in [0.15, 0.2) is 46.9 Å². The fourth-order valence-electron chi connectivity index (χ4n) is 2.21. The van der Waals surface area contributed by atoms with Crippen molar-refractivity contribution in [3.05, 3.63) is 58.1 Å². The second-order valence-corrected chi connectivity index (χ2v) is 5.74. The van der Waals surface area contributed by atoms with Gasteiger partial charge in [0.05, 0.1) is 12.8 Å². The zero-order chi connectivity index (χ0) is 15.4. The van der Waals surface area contributed by atoms with E-state index in [1.54, 1.807) is 14.0 Å². The lowest BCUT2D eigenvalue weighted by molar-refractivity contribution is 0.101. The predicted octanol–water partition coefficient (Wildman–Crippen LogP) is 4.30. The summed E-state index contributed by atoms with van der Waals surface area (Å²) in [5.41, 5.74) is 2.85. The van der Waals surface area contributed by atoms with Crippen LogP contribution >= 0.6 is 15.9 Å². The van der Waals surface area contributed by atoms with E-state index in [9.17, 15) is 4.79 Å². The largest absolute Gasteiger partial charge is 0.496 e. The highest BCUT2D eigenvalue weighted by Gasteiger charge is 2.11. The standard InChI is InChI=1S/C17H18BrNO2/c1-12(20)13-8-9-16(15(18)10-13)19(2)11-14-6-4-5-7-17(14)21-3/h4-10H,11H2,1-3H3. The SMILES string of the molecule is COc1ccccc1CN(C)c1ccc(C(C)=O)cc1Br. The van der Waals surface area contributed by atoms with Gasteiger partial charge in [0.2, 0.25) is 0 Å². The minimum atomic E-state index is 0.0645. The van der Waals surface area contributed by atoms with Gasteiger partial charge in [-0.05, 0) is 47.1 Å². The highest BCUT2D eigenvalue weighted by atomic mass is 79.9. The van der Waals surface area contributed by atoms with Crippen LogP contribution in [0.5, 0.6) is 5.75 Å². The number of hydrogen-bond acceptors (Lipinski definition) is 3. The Bertz CT molecular complexity index is 655. The molecule has 21 heavy (non-hydrogen) atoms. The molecule has 0 unspecified atom stereocenters. The third kappa shape index (κ3) is 3.64. The average molecular weight is 348 g/mol. The molecular formula is C17H18BrNO2. The number of para-hydroxylation sites is 1. The van der Waals surface area contributed by atoms with E-state index in [4.69, 9.17) is 4.74 Å². The van der Waals surface area contributed by atoms with Crippen LogP contribution in [-0.2, 0) is 6.54 Å². The minimum Gasteiger partial charge on any atom is -0.496 e. The molecule has 0 amide bonds. The summed E-state index contributed by atoms with van der Waals surface area (Å²) in [7, 11) is 3.69. The highest BCUT2D eigenvalue weighted by molar-refractivity contribution is 9.10. The number of methoxy groups -OCH3 is 1. The number of carbonyl (C=O) groups is 1.